The Bertz CT molecular complexity index is 596. The van der Waals surface area contributed by atoms with Crippen molar-refractivity contribution in [2.24, 2.45) is 0 Å². The van der Waals surface area contributed by atoms with Crippen molar-refractivity contribution in [1.82, 2.24) is 9.55 Å². The maximum Gasteiger partial charge on any atom is 0.127 e. The molecule has 1 aliphatic rings. The number of hydrogen-bond donors (Lipinski definition) is 1. The highest BCUT2D eigenvalue weighted by Gasteiger charge is 2.31. The van der Waals surface area contributed by atoms with Gasteiger partial charge < -0.3 is 10.3 Å². The Morgan fingerprint density at radius 2 is 2.00 bits per heavy atom. The lowest BCUT2D eigenvalue weighted by Crippen LogP contribution is -2.08. The summed E-state index contributed by atoms with van der Waals surface area (Å²) in [6, 6.07) is 10.5. The summed E-state index contributed by atoms with van der Waals surface area (Å²) >= 11 is 0. The number of hydrogen-bond acceptors (Lipinski definition) is 2. The molecule has 2 N–H and O–H groups in total. The van der Waals surface area contributed by atoms with Crippen LogP contribution < -0.4 is 5.73 Å². The number of nitrogens with zero attached hydrogens (tertiary/aromatic N) is 2. The second kappa shape index (κ2) is 5.92. The van der Waals surface area contributed by atoms with E-state index >= 15 is 0 Å². The van der Waals surface area contributed by atoms with Crippen LogP contribution in [0.2, 0.25) is 0 Å². The van der Waals surface area contributed by atoms with Gasteiger partial charge in [0.1, 0.15) is 11.6 Å². The third-order valence-electron chi connectivity index (χ3n) is 4.45. The number of rotatable bonds is 6. The van der Waals surface area contributed by atoms with Crippen molar-refractivity contribution >= 4 is 5.82 Å². The van der Waals surface area contributed by atoms with Gasteiger partial charge in [-0.25, -0.2) is 4.98 Å². The van der Waals surface area contributed by atoms with E-state index in [1.165, 1.54) is 37.1 Å². The topological polar surface area (TPSA) is 43.8 Å². The average molecular weight is 283 g/mol. The van der Waals surface area contributed by atoms with Crippen LogP contribution in [-0.2, 0) is 6.54 Å². The van der Waals surface area contributed by atoms with Gasteiger partial charge in [-0.3, -0.25) is 0 Å². The highest BCUT2D eigenvalue weighted by atomic mass is 15.2. The molecule has 0 saturated heterocycles. The fourth-order valence-electron chi connectivity index (χ4n) is 2.93. The first-order chi connectivity index (χ1) is 10.2. The van der Waals surface area contributed by atoms with Gasteiger partial charge >= 0.3 is 0 Å². The summed E-state index contributed by atoms with van der Waals surface area (Å²) in [5, 5.41) is 0. The minimum atomic E-state index is 0.256. The maximum atomic E-state index is 6.45. The van der Waals surface area contributed by atoms with Gasteiger partial charge in [0, 0.05) is 18.4 Å². The molecule has 2 aromatic rings. The summed E-state index contributed by atoms with van der Waals surface area (Å²) in [7, 11) is 0. The number of aromatic nitrogens is 2. The normalized spacial score (nSPS) is 16.1. The second-order valence-electron chi connectivity index (χ2n) is 6.15. The third kappa shape index (κ3) is 2.82. The van der Waals surface area contributed by atoms with Crippen LogP contribution in [0.25, 0.3) is 0 Å². The van der Waals surface area contributed by atoms with Gasteiger partial charge in [-0.2, -0.15) is 0 Å². The molecule has 1 aliphatic carbocycles. The Labute approximate surface area is 127 Å². The molecule has 0 bridgehead atoms. The molecule has 1 fully saturated rings. The van der Waals surface area contributed by atoms with E-state index in [2.05, 4.69) is 48.7 Å². The minimum absolute atomic E-state index is 0.256. The quantitative estimate of drug-likeness (QED) is 0.859. The standard InChI is InChI=1S/C18H25N3/c1-3-4-12-21-17(19)16(20-18(21)15-10-11-15)13(2)14-8-6-5-7-9-14/h5-9,13,15H,3-4,10-12,19H2,1-2H3. The van der Waals surface area contributed by atoms with Crippen molar-refractivity contribution in [3.63, 3.8) is 0 Å². The maximum absolute atomic E-state index is 6.45. The Hall–Kier alpha value is -1.77. The monoisotopic (exact) mass is 283 g/mol. The fourth-order valence-corrected chi connectivity index (χ4v) is 2.93. The Balaban J connectivity index is 1.95. The van der Waals surface area contributed by atoms with Crippen molar-refractivity contribution in [2.75, 3.05) is 5.73 Å². The lowest BCUT2D eigenvalue weighted by atomic mass is 9.98. The first kappa shape index (κ1) is 14.2. The minimum Gasteiger partial charge on any atom is -0.384 e. The summed E-state index contributed by atoms with van der Waals surface area (Å²) in [4.78, 5) is 4.94. The van der Waals surface area contributed by atoms with E-state index in [4.69, 9.17) is 10.7 Å². The summed E-state index contributed by atoms with van der Waals surface area (Å²) in [6.45, 7) is 5.43. The summed E-state index contributed by atoms with van der Waals surface area (Å²) < 4.78 is 2.27. The van der Waals surface area contributed by atoms with E-state index in [-0.39, 0.29) is 5.92 Å². The molecule has 3 rings (SSSR count). The zero-order valence-electron chi connectivity index (χ0n) is 13.0. The van der Waals surface area contributed by atoms with E-state index in [9.17, 15) is 0 Å². The molecule has 1 aromatic heterocycles. The highest BCUT2D eigenvalue weighted by Crippen LogP contribution is 2.42. The Kier molecular flexibility index (Phi) is 4.00. The lowest BCUT2D eigenvalue weighted by molar-refractivity contribution is 0.609. The SMILES string of the molecule is CCCCn1c(C2CC2)nc(C(C)c2ccccc2)c1N. The van der Waals surface area contributed by atoms with Crippen LogP contribution in [0.5, 0.6) is 0 Å². The van der Waals surface area contributed by atoms with Crippen LogP contribution in [0.4, 0.5) is 5.82 Å². The molecule has 0 spiro atoms. The molecule has 1 atom stereocenters. The van der Waals surface area contributed by atoms with Gasteiger partial charge in [0.25, 0.3) is 0 Å². The molecule has 21 heavy (non-hydrogen) atoms. The van der Waals surface area contributed by atoms with Crippen LogP contribution in [-0.4, -0.2) is 9.55 Å². The molecule has 1 aromatic carbocycles. The summed E-state index contributed by atoms with van der Waals surface area (Å²) in [6.07, 6.45) is 4.88. The second-order valence-corrected chi connectivity index (χ2v) is 6.15. The van der Waals surface area contributed by atoms with E-state index in [1.54, 1.807) is 0 Å². The zero-order chi connectivity index (χ0) is 14.8. The summed E-state index contributed by atoms with van der Waals surface area (Å²) in [5.74, 6) is 2.99. The van der Waals surface area contributed by atoms with Gasteiger partial charge in [-0.1, -0.05) is 50.6 Å². The molecule has 3 nitrogen and oxygen atoms in total. The predicted molar refractivity (Wildman–Crippen MR) is 87.5 cm³/mol. The van der Waals surface area contributed by atoms with Crippen molar-refractivity contribution in [2.45, 2.75) is 57.9 Å². The zero-order valence-corrected chi connectivity index (χ0v) is 13.0. The third-order valence-corrected chi connectivity index (χ3v) is 4.45. The molecule has 112 valence electrons. The van der Waals surface area contributed by atoms with Crippen molar-refractivity contribution in [1.29, 1.82) is 0 Å². The van der Waals surface area contributed by atoms with Gasteiger partial charge in [-0.05, 0) is 24.8 Å². The van der Waals surface area contributed by atoms with Crippen molar-refractivity contribution in [3.05, 3.63) is 47.4 Å². The number of anilines is 1. The smallest absolute Gasteiger partial charge is 0.127 e. The van der Waals surface area contributed by atoms with Crippen LogP contribution in [0.1, 0.15) is 68.4 Å². The van der Waals surface area contributed by atoms with E-state index in [1.807, 2.05) is 0 Å². The lowest BCUT2D eigenvalue weighted by Gasteiger charge is -2.11. The molecule has 1 saturated carbocycles. The van der Waals surface area contributed by atoms with Gasteiger partial charge in [-0.15, -0.1) is 0 Å². The Morgan fingerprint density at radius 1 is 1.29 bits per heavy atom. The van der Waals surface area contributed by atoms with Crippen molar-refractivity contribution < 1.29 is 0 Å². The van der Waals surface area contributed by atoms with Crippen LogP contribution in [0.3, 0.4) is 0 Å². The molecular formula is C18H25N3. The molecule has 0 radical (unpaired) electrons. The van der Waals surface area contributed by atoms with Crippen LogP contribution in [0.15, 0.2) is 30.3 Å². The molecule has 0 aliphatic heterocycles. The number of nitrogen functional groups attached to an aromatic ring is 1. The Morgan fingerprint density at radius 3 is 2.62 bits per heavy atom. The number of unbranched alkanes of at least 4 members (excludes halogenated alkanes) is 1. The van der Waals surface area contributed by atoms with Crippen LogP contribution in [0, 0.1) is 0 Å². The molecule has 3 heteroatoms. The van der Waals surface area contributed by atoms with E-state index in [0.29, 0.717) is 5.92 Å². The molecule has 1 heterocycles. The fraction of sp³-hybridized carbons (Fsp3) is 0.500. The summed E-state index contributed by atoms with van der Waals surface area (Å²) in [5.41, 5.74) is 8.79. The molecular weight excluding hydrogens is 258 g/mol. The molecule has 1 unspecified atom stereocenters. The van der Waals surface area contributed by atoms with E-state index < -0.39 is 0 Å². The van der Waals surface area contributed by atoms with Gasteiger partial charge in [0.15, 0.2) is 0 Å². The highest BCUT2D eigenvalue weighted by molar-refractivity contribution is 5.45. The van der Waals surface area contributed by atoms with Crippen LogP contribution >= 0.6 is 0 Å². The average Bonchev–Trinajstić information content (AvgIpc) is 3.30. The van der Waals surface area contributed by atoms with Gasteiger partial charge in [0.05, 0.1) is 5.69 Å². The largest absolute Gasteiger partial charge is 0.384 e. The first-order valence-corrected chi connectivity index (χ1v) is 8.13. The molecule has 0 amide bonds. The number of imidazole rings is 1. The van der Waals surface area contributed by atoms with Crippen molar-refractivity contribution in [3.8, 4) is 0 Å². The van der Waals surface area contributed by atoms with Gasteiger partial charge in [0.2, 0.25) is 0 Å². The predicted octanol–water partition coefficient (Wildman–Crippen LogP) is 4.29. The van der Waals surface area contributed by atoms with E-state index in [0.717, 1.165) is 18.1 Å². The number of nitrogens with two attached hydrogens (primary N) is 1. The first-order valence-electron chi connectivity index (χ1n) is 8.13. The number of benzene rings is 1.